The lowest BCUT2D eigenvalue weighted by Gasteiger charge is -2.18. The summed E-state index contributed by atoms with van der Waals surface area (Å²) in [5.74, 6) is 0.890. The number of methoxy groups -OCH3 is 1. The molecule has 0 saturated heterocycles. The van der Waals surface area contributed by atoms with Gasteiger partial charge in [0.25, 0.3) is 0 Å². The highest BCUT2D eigenvalue weighted by atomic mass is 127. The van der Waals surface area contributed by atoms with E-state index in [0.29, 0.717) is 5.41 Å². The van der Waals surface area contributed by atoms with Crippen LogP contribution in [-0.2, 0) is 11.3 Å². The Kier molecular flexibility index (Phi) is 8.10. The van der Waals surface area contributed by atoms with E-state index in [4.69, 9.17) is 4.74 Å². The molecule has 0 aromatic carbocycles. The Hall–Kier alpha value is -0.760. The molecule has 0 radical (unpaired) electrons. The van der Waals surface area contributed by atoms with Crippen molar-refractivity contribution in [1.29, 1.82) is 0 Å². The van der Waals surface area contributed by atoms with Crippen LogP contribution < -0.4 is 10.6 Å². The molecular formula is C15H27IN4O. The van der Waals surface area contributed by atoms with E-state index >= 15 is 0 Å². The molecule has 6 heteroatoms. The van der Waals surface area contributed by atoms with Gasteiger partial charge in [-0.25, -0.2) is 0 Å². The average Bonchev–Trinajstić information content (AvgIpc) is 3.05. The fraction of sp³-hybridized carbons (Fsp3) is 0.667. The lowest BCUT2D eigenvalue weighted by atomic mass is 10.0. The topological polar surface area (TPSA) is 50.6 Å². The van der Waals surface area contributed by atoms with Crippen molar-refractivity contribution in [2.45, 2.75) is 25.8 Å². The Bertz CT molecular complexity index is 415. The van der Waals surface area contributed by atoms with Gasteiger partial charge in [-0.05, 0) is 36.8 Å². The fourth-order valence-corrected chi connectivity index (χ4v) is 2.32. The molecule has 0 atom stereocenters. The minimum atomic E-state index is 0. The van der Waals surface area contributed by atoms with Crippen molar-refractivity contribution < 1.29 is 4.74 Å². The van der Waals surface area contributed by atoms with Gasteiger partial charge >= 0.3 is 0 Å². The zero-order chi connectivity index (χ0) is 14.3. The summed E-state index contributed by atoms with van der Waals surface area (Å²) < 4.78 is 7.33. The van der Waals surface area contributed by atoms with Crippen LogP contribution in [0, 0.1) is 5.41 Å². The lowest BCUT2D eigenvalue weighted by molar-refractivity contribution is 0.172. The Morgan fingerprint density at radius 1 is 1.29 bits per heavy atom. The molecule has 1 aromatic heterocycles. The minimum Gasteiger partial charge on any atom is -0.385 e. The van der Waals surface area contributed by atoms with Crippen LogP contribution in [0.25, 0.3) is 0 Å². The molecule has 21 heavy (non-hydrogen) atoms. The predicted octanol–water partition coefficient (Wildman–Crippen LogP) is 2.09. The zero-order valence-electron chi connectivity index (χ0n) is 13.0. The summed E-state index contributed by atoms with van der Waals surface area (Å²) in [6, 6.07) is 4.08. The maximum atomic E-state index is 5.18. The molecule has 0 aliphatic heterocycles. The first-order chi connectivity index (χ1) is 9.78. The van der Waals surface area contributed by atoms with Crippen molar-refractivity contribution in [1.82, 2.24) is 15.2 Å². The van der Waals surface area contributed by atoms with Crippen LogP contribution in [0.5, 0.6) is 0 Å². The first kappa shape index (κ1) is 18.3. The zero-order valence-corrected chi connectivity index (χ0v) is 15.3. The number of hydrogen-bond donors (Lipinski definition) is 2. The largest absolute Gasteiger partial charge is 0.385 e. The third-order valence-electron chi connectivity index (χ3n) is 3.98. The summed E-state index contributed by atoms with van der Waals surface area (Å²) in [5.41, 5.74) is 0.439. The summed E-state index contributed by atoms with van der Waals surface area (Å²) in [4.78, 5) is 4.27. The minimum absolute atomic E-state index is 0. The summed E-state index contributed by atoms with van der Waals surface area (Å²) >= 11 is 0. The molecule has 1 aliphatic carbocycles. The maximum Gasteiger partial charge on any atom is 0.191 e. The van der Waals surface area contributed by atoms with Crippen LogP contribution in [0.3, 0.4) is 0 Å². The van der Waals surface area contributed by atoms with Crippen LogP contribution in [-0.4, -0.2) is 44.4 Å². The van der Waals surface area contributed by atoms with Crippen molar-refractivity contribution in [3.8, 4) is 0 Å². The van der Waals surface area contributed by atoms with Gasteiger partial charge in [-0.3, -0.25) is 4.99 Å². The number of rotatable bonds is 8. The molecule has 2 rings (SSSR count). The molecule has 1 heterocycles. The number of nitrogens with zero attached hydrogens (tertiary/aromatic N) is 2. The maximum absolute atomic E-state index is 5.18. The van der Waals surface area contributed by atoms with E-state index < -0.39 is 0 Å². The predicted molar refractivity (Wildman–Crippen MR) is 97.4 cm³/mol. The molecule has 1 fully saturated rings. The average molecular weight is 406 g/mol. The Labute approximate surface area is 144 Å². The summed E-state index contributed by atoms with van der Waals surface area (Å²) in [7, 11) is 3.59. The number of guanidine groups is 1. The number of aliphatic imine (C=N–C) groups is 1. The van der Waals surface area contributed by atoms with Crippen molar-refractivity contribution in [3.63, 3.8) is 0 Å². The highest BCUT2D eigenvalue weighted by Gasteiger charge is 2.41. The van der Waals surface area contributed by atoms with Crippen molar-refractivity contribution in [3.05, 3.63) is 24.5 Å². The third kappa shape index (κ3) is 6.25. The van der Waals surface area contributed by atoms with E-state index in [2.05, 4.69) is 32.6 Å². The fourth-order valence-electron chi connectivity index (χ4n) is 2.32. The second-order valence-corrected chi connectivity index (χ2v) is 5.52. The van der Waals surface area contributed by atoms with Gasteiger partial charge in [-0.2, -0.15) is 0 Å². The summed E-state index contributed by atoms with van der Waals surface area (Å²) in [6.07, 6.45) is 7.87. The lowest BCUT2D eigenvalue weighted by Crippen LogP contribution is -2.41. The monoisotopic (exact) mass is 406 g/mol. The molecule has 0 unspecified atom stereocenters. The molecule has 0 spiro atoms. The second kappa shape index (κ2) is 9.30. The van der Waals surface area contributed by atoms with Gasteiger partial charge in [0.15, 0.2) is 5.96 Å². The molecule has 1 saturated carbocycles. The Balaban J connectivity index is 0.00000220. The molecule has 1 aliphatic rings. The first-order valence-corrected chi connectivity index (χ1v) is 7.32. The van der Waals surface area contributed by atoms with Crippen molar-refractivity contribution in [2.24, 2.45) is 10.4 Å². The Morgan fingerprint density at radius 3 is 2.57 bits per heavy atom. The smallest absolute Gasteiger partial charge is 0.191 e. The van der Waals surface area contributed by atoms with Gasteiger partial charge in [0, 0.05) is 52.8 Å². The standard InChI is InChI=1S/C15H26N4O.HI/c1-16-14(17-8-11-19-9-3-4-10-19)18-13-15(5-6-15)7-12-20-2;/h3-4,9-10H,5-8,11-13H2,1-2H3,(H2,16,17,18);1H. The van der Waals surface area contributed by atoms with Crippen LogP contribution in [0.4, 0.5) is 0 Å². The van der Waals surface area contributed by atoms with Gasteiger partial charge in [-0.1, -0.05) is 0 Å². The van der Waals surface area contributed by atoms with Crippen LogP contribution in [0.15, 0.2) is 29.5 Å². The van der Waals surface area contributed by atoms with Crippen LogP contribution >= 0.6 is 24.0 Å². The Morgan fingerprint density at radius 2 is 2.00 bits per heavy atom. The number of hydrogen-bond acceptors (Lipinski definition) is 2. The van der Waals surface area contributed by atoms with E-state index in [1.165, 1.54) is 12.8 Å². The molecule has 5 nitrogen and oxygen atoms in total. The second-order valence-electron chi connectivity index (χ2n) is 5.52. The number of aromatic nitrogens is 1. The number of ether oxygens (including phenoxy) is 1. The first-order valence-electron chi connectivity index (χ1n) is 7.32. The summed E-state index contributed by atoms with van der Waals surface area (Å²) in [6.45, 7) is 3.66. The van der Waals surface area contributed by atoms with Crippen molar-refractivity contribution in [2.75, 3.05) is 33.9 Å². The summed E-state index contributed by atoms with van der Waals surface area (Å²) in [5, 5.41) is 6.79. The van der Waals surface area contributed by atoms with Gasteiger partial charge < -0.3 is 19.9 Å². The van der Waals surface area contributed by atoms with Gasteiger partial charge in [-0.15, -0.1) is 24.0 Å². The van der Waals surface area contributed by atoms with Crippen LogP contribution in [0.1, 0.15) is 19.3 Å². The SMILES string of the molecule is CN=C(NCCn1cccc1)NCC1(CCOC)CC1.I. The quantitative estimate of drug-likeness (QED) is 0.395. The van der Waals surface area contributed by atoms with E-state index in [-0.39, 0.29) is 24.0 Å². The van der Waals surface area contributed by atoms with Gasteiger partial charge in [0.05, 0.1) is 0 Å². The van der Waals surface area contributed by atoms with E-state index in [0.717, 1.165) is 38.6 Å². The molecule has 120 valence electrons. The number of nitrogens with one attached hydrogen (secondary N) is 2. The number of halogens is 1. The van der Waals surface area contributed by atoms with E-state index in [9.17, 15) is 0 Å². The normalized spacial score (nSPS) is 16.2. The van der Waals surface area contributed by atoms with Crippen molar-refractivity contribution >= 4 is 29.9 Å². The van der Waals surface area contributed by atoms with Gasteiger partial charge in [0.1, 0.15) is 0 Å². The highest BCUT2D eigenvalue weighted by Crippen LogP contribution is 2.48. The van der Waals surface area contributed by atoms with Crippen LogP contribution in [0.2, 0.25) is 0 Å². The third-order valence-corrected chi connectivity index (χ3v) is 3.98. The molecule has 1 aromatic rings. The van der Waals surface area contributed by atoms with E-state index in [1.807, 2.05) is 19.2 Å². The molecule has 0 amide bonds. The van der Waals surface area contributed by atoms with E-state index in [1.54, 1.807) is 7.11 Å². The highest BCUT2D eigenvalue weighted by molar-refractivity contribution is 14.0. The van der Waals surface area contributed by atoms with Gasteiger partial charge in [0.2, 0.25) is 0 Å². The molecule has 0 bridgehead atoms. The molecular weight excluding hydrogens is 379 g/mol. The molecule has 2 N–H and O–H groups in total.